The molecule has 0 aliphatic heterocycles. The van der Waals surface area contributed by atoms with E-state index in [0.717, 1.165) is 0 Å². The molecule has 174 valence electrons. The van der Waals surface area contributed by atoms with Crippen LogP contribution in [0.3, 0.4) is 0 Å². The third-order valence-electron chi connectivity index (χ3n) is 5.33. The fourth-order valence-electron chi connectivity index (χ4n) is 3.79. The molecule has 0 spiro atoms. The van der Waals surface area contributed by atoms with E-state index >= 15 is 0 Å². The lowest BCUT2D eigenvalue weighted by Crippen LogP contribution is -2.38. The van der Waals surface area contributed by atoms with E-state index in [4.69, 9.17) is 4.74 Å². The maximum Gasteiger partial charge on any atom is 0.490 e. The monoisotopic (exact) mass is 478 g/mol. The predicted octanol–water partition coefficient (Wildman–Crippen LogP) is 5.45. The molecule has 0 aliphatic rings. The van der Waals surface area contributed by atoms with Gasteiger partial charge in [-0.3, -0.25) is 4.55 Å². The van der Waals surface area contributed by atoms with Gasteiger partial charge in [0.05, 0.1) is 0 Å². The maximum atomic E-state index is 12.9. The van der Waals surface area contributed by atoms with Crippen LogP contribution in [-0.2, 0) is 24.4 Å². The standard InChI is InChI=1S/C24H21F3O5S/c25-24(26,27)22(28)32-21(18-10-4-1-5-11-18)16-17-23(33(29,30)31,19-12-6-2-7-13-19)20-14-8-3-9-15-20/h1-15,21H,16-17H2,(H,29,30,31). The van der Waals surface area contributed by atoms with Gasteiger partial charge in [0.1, 0.15) is 10.9 Å². The summed E-state index contributed by atoms with van der Waals surface area (Å²) in [6, 6.07) is 23.5. The molecule has 0 aliphatic carbocycles. The van der Waals surface area contributed by atoms with Gasteiger partial charge in [0, 0.05) is 0 Å². The molecule has 1 unspecified atom stereocenters. The van der Waals surface area contributed by atoms with E-state index in [0.29, 0.717) is 0 Å². The minimum Gasteiger partial charge on any atom is -0.451 e. The van der Waals surface area contributed by atoms with Crippen molar-refractivity contribution in [1.29, 1.82) is 0 Å². The highest BCUT2D eigenvalue weighted by atomic mass is 32.2. The normalized spacial score (nSPS) is 13.3. The van der Waals surface area contributed by atoms with Crippen LogP contribution in [-0.4, -0.2) is 25.1 Å². The number of hydrogen-bond donors (Lipinski definition) is 1. The van der Waals surface area contributed by atoms with E-state index in [1.165, 1.54) is 36.4 Å². The van der Waals surface area contributed by atoms with Crippen molar-refractivity contribution >= 4 is 16.1 Å². The number of benzene rings is 3. The molecule has 0 bridgehead atoms. The molecular weight excluding hydrogens is 457 g/mol. The van der Waals surface area contributed by atoms with Gasteiger partial charge in [-0.15, -0.1) is 0 Å². The highest BCUT2D eigenvalue weighted by Gasteiger charge is 2.48. The van der Waals surface area contributed by atoms with Gasteiger partial charge in [-0.05, 0) is 29.5 Å². The molecule has 1 atom stereocenters. The Hall–Kier alpha value is -3.17. The minimum atomic E-state index is -5.22. The summed E-state index contributed by atoms with van der Waals surface area (Å²) < 4.78 is 77.6. The average Bonchev–Trinajstić information content (AvgIpc) is 2.79. The van der Waals surface area contributed by atoms with Crippen molar-refractivity contribution < 1.29 is 35.7 Å². The molecule has 0 fully saturated rings. The maximum absolute atomic E-state index is 12.9. The first-order valence-electron chi connectivity index (χ1n) is 9.96. The Bertz CT molecular complexity index is 1130. The van der Waals surface area contributed by atoms with Crippen LogP contribution in [0.15, 0.2) is 91.0 Å². The molecule has 3 rings (SSSR count). The second-order valence-corrected chi connectivity index (χ2v) is 9.02. The van der Waals surface area contributed by atoms with Crippen LogP contribution in [0, 0.1) is 0 Å². The third-order valence-corrected chi connectivity index (χ3v) is 6.89. The largest absolute Gasteiger partial charge is 0.490 e. The molecule has 33 heavy (non-hydrogen) atoms. The van der Waals surface area contributed by atoms with Gasteiger partial charge >= 0.3 is 12.1 Å². The second kappa shape index (κ2) is 9.76. The number of hydrogen-bond acceptors (Lipinski definition) is 4. The predicted molar refractivity (Wildman–Crippen MR) is 116 cm³/mol. The summed E-state index contributed by atoms with van der Waals surface area (Å²) in [5, 5.41) is 0. The Labute approximate surface area is 189 Å². The Kier molecular flexibility index (Phi) is 7.24. The lowest BCUT2D eigenvalue weighted by molar-refractivity contribution is -0.205. The molecule has 0 saturated carbocycles. The molecule has 3 aromatic rings. The average molecular weight is 478 g/mol. The van der Waals surface area contributed by atoms with E-state index in [1.807, 2.05) is 0 Å². The Balaban J connectivity index is 2.09. The zero-order valence-corrected chi connectivity index (χ0v) is 18.1. The molecule has 0 amide bonds. The number of esters is 1. The first-order valence-corrected chi connectivity index (χ1v) is 11.4. The Morgan fingerprint density at radius 1 is 0.818 bits per heavy atom. The Morgan fingerprint density at radius 3 is 1.64 bits per heavy atom. The summed E-state index contributed by atoms with van der Waals surface area (Å²) in [6.07, 6.45) is -7.28. The van der Waals surface area contributed by atoms with Crippen LogP contribution in [0.5, 0.6) is 0 Å². The lowest BCUT2D eigenvalue weighted by Gasteiger charge is -2.33. The van der Waals surface area contributed by atoms with Crippen molar-refractivity contribution in [3.05, 3.63) is 108 Å². The van der Waals surface area contributed by atoms with Gasteiger partial charge in [0.25, 0.3) is 10.1 Å². The fraction of sp³-hybridized carbons (Fsp3) is 0.208. The zero-order valence-electron chi connectivity index (χ0n) is 17.3. The Morgan fingerprint density at radius 2 is 1.24 bits per heavy atom. The van der Waals surface area contributed by atoms with Gasteiger partial charge in [-0.2, -0.15) is 21.6 Å². The molecule has 3 aromatic carbocycles. The molecule has 1 N–H and O–H groups in total. The van der Waals surface area contributed by atoms with Gasteiger partial charge in [-0.25, -0.2) is 4.79 Å². The third kappa shape index (κ3) is 5.43. The highest BCUT2D eigenvalue weighted by molar-refractivity contribution is 7.87. The molecule has 0 aromatic heterocycles. The number of ether oxygens (including phenoxy) is 1. The lowest BCUT2D eigenvalue weighted by atomic mass is 9.85. The van der Waals surface area contributed by atoms with Crippen molar-refractivity contribution in [2.24, 2.45) is 0 Å². The van der Waals surface area contributed by atoms with Crippen LogP contribution >= 0.6 is 0 Å². The molecule has 0 radical (unpaired) electrons. The van der Waals surface area contributed by atoms with E-state index in [9.17, 15) is 30.9 Å². The summed E-state index contributed by atoms with van der Waals surface area (Å²) in [5.41, 5.74) is 0.723. The van der Waals surface area contributed by atoms with E-state index in [-0.39, 0.29) is 29.5 Å². The highest BCUT2D eigenvalue weighted by Crippen LogP contribution is 2.43. The summed E-state index contributed by atoms with van der Waals surface area (Å²) >= 11 is 0. The van der Waals surface area contributed by atoms with Crippen molar-refractivity contribution in [2.45, 2.75) is 29.9 Å². The first-order chi connectivity index (χ1) is 15.6. The van der Waals surface area contributed by atoms with E-state index in [1.54, 1.807) is 54.6 Å². The first kappa shape index (κ1) is 24.5. The van der Waals surface area contributed by atoms with Crippen LogP contribution < -0.4 is 0 Å². The topological polar surface area (TPSA) is 80.7 Å². The van der Waals surface area contributed by atoms with Gasteiger partial charge in [0.2, 0.25) is 0 Å². The summed E-state index contributed by atoms with van der Waals surface area (Å²) in [6.45, 7) is 0. The molecular formula is C24H21F3O5S. The van der Waals surface area contributed by atoms with Crippen LogP contribution in [0.4, 0.5) is 13.2 Å². The summed E-state index contributed by atoms with van der Waals surface area (Å²) in [7, 11) is -4.83. The van der Waals surface area contributed by atoms with Crippen molar-refractivity contribution in [3.63, 3.8) is 0 Å². The van der Waals surface area contributed by atoms with Gasteiger partial charge < -0.3 is 4.74 Å². The van der Waals surface area contributed by atoms with Crippen molar-refractivity contribution in [2.75, 3.05) is 0 Å². The van der Waals surface area contributed by atoms with Crippen LogP contribution in [0.1, 0.15) is 35.6 Å². The summed E-state index contributed by atoms with van der Waals surface area (Å²) in [5.74, 6) is -2.38. The number of rotatable bonds is 8. The SMILES string of the molecule is O=C(OC(CCC(c1ccccc1)(c1ccccc1)S(=O)(=O)O)c1ccccc1)C(F)(F)F. The quantitative estimate of drug-likeness (QED) is 0.344. The van der Waals surface area contributed by atoms with E-state index in [2.05, 4.69) is 0 Å². The van der Waals surface area contributed by atoms with Crippen LogP contribution in [0.25, 0.3) is 0 Å². The fourth-order valence-corrected chi connectivity index (χ4v) is 5.03. The van der Waals surface area contributed by atoms with Gasteiger partial charge in [0.15, 0.2) is 0 Å². The molecule has 0 heterocycles. The summed E-state index contributed by atoms with van der Waals surface area (Å²) in [4.78, 5) is 11.6. The van der Waals surface area contributed by atoms with Gasteiger partial charge in [-0.1, -0.05) is 91.0 Å². The number of halogens is 3. The molecule has 0 saturated heterocycles. The van der Waals surface area contributed by atoms with Crippen molar-refractivity contribution in [3.8, 4) is 0 Å². The zero-order chi connectivity index (χ0) is 24.1. The van der Waals surface area contributed by atoms with E-state index < -0.39 is 33.1 Å². The molecule has 9 heteroatoms. The minimum absolute atomic E-state index is 0.229. The smallest absolute Gasteiger partial charge is 0.451 e. The molecule has 5 nitrogen and oxygen atoms in total. The van der Waals surface area contributed by atoms with Crippen LogP contribution in [0.2, 0.25) is 0 Å². The number of carbonyl (C=O) groups is 1. The number of carbonyl (C=O) groups excluding carboxylic acids is 1. The second-order valence-electron chi connectivity index (χ2n) is 7.38. The number of alkyl halides is 3. The van der Waals surface area contributed by atoms with Crippen molar-refractivity contribution in [1.82, 2.24) is 0 Å².